The molecule has 1 heterocycles. The molecule has 2 N–H and O–H groups in total. The van der Waals surface area contributed by atoms with Gasteiger partial charge in [0.1, 0.15) is 11.2 Å². The van der Waals surface area contributed by atoms with E-state index in [4.69, 9.17) is 0 Å². The molecule has 2 rings (SSSR count). The van der Waals surface area contributed by atoms with Crippen LogP contribution in [-0.2, 0) is 16.1 Å². The fraction of sp³-hybridized carbons (Fsp3) is 0.619. The number of likely N-dealkylation sites (N-methyl/N-ethyl adjacent to an activating group) is 1. The third kappa shape index (κ3) is 5.29. The van der Waals surface area contributed by atoms with Crippen molar-refractivity contribution in [2.75, 3.05) is 26.7 Å². The summed E-state index contributed by atoms with van der Waals surface area (Å²) in [6, 6.07) is 6.42. The van der Waals surface area contributed by atoms with Gasteiger partial charge in [0.15, 0.2) is 0 Å². The standard InChI is InChI=1S/C21H31FN2O4/c1-15(2)8-10-21(20(27)28)14-24(11-9-18(21)25)19(26)13-23(3)12-16-6-4-5-7-17(16)22/h4-7,15,18,25H,8-14H2,1-3H3,(H,27,28)/t18-,21-/m1/s1. The van der Waals surface area contributed by atoms with Crippen molar-refractivity contribution in [3.8, 4) is 0 Å². The highest BCUT2D eigenvalue weighted by Crippen LogP contribution is 2.36. The average Bonchev–Trinajstić information content (AvgIpc) is 2.62. The van der Waals surface area contributed by atoms with Crippen molar-refractivity contribution in [1.82, 2.24) is 9.80 Å². The molecule has 1 aliphatic heterocycles. The van der Waals surface area contributed by atoms with E-state index in [1.54, 1.807) is 30.1 Å². The summed E-state index contributed by atoms with van der Waals surface area (Å²) in [7, 11) is 1.73. The predicted octanol–water partition coefficient (Wildman–Crippen LogP) is 2.36. The number of likely N-dealkylation sites (tertiary alicyclic amines) is 1. The summed E-state index contributed by atoms with van der Waals surface area (Å²) in [5, 5.41) is 20.3. The van der Waals surface area contributed by atoms with Crippen molar-refractivity contribution >= 4 is 11.9 Å². The number of hydrogen-bond acceptors (Lipinski definition) is 4. The van der Waals surface area contributed by atoms with Crippen LogP contribution in [0.2, 0.25) is 0 Å². The SMILES string of the molecule is CC(C)CC[C@@]1(C(=O)O)CN(C(=O)CN(C)Cc2ccccc2F)CC[C@H]1O. The van der Waals surface area contributed by atoms with Crippen molar-refractivity contribution in [2.24, 2.45) is 11.3 Å². The number of rotatable bonds is 8. The number of carboxylic acids is 1. The number of aliphatic hydroxyl groups is 1. The summed E-state index contributed by atoms with van der Waals surface area (Å²) in [5.74, 6) is -1.28. The minimum Gasteiger partial charge on any atom is -0.481 e. The van der Waals surface area contributed by atoms with Gasteiger partial charge in [-0.1, -0.05) is 32.0 Å². The number of nitrogens with zero attached hydrogens (tertiary/aromatic N) is 2. The van der Waals surface area contributed by atoms with Crippen molar-refractivity contribution in [3.63, 3.8) is 0 Å². The van der Waals surface area contributed by atoms with E-state index in [9.17, 15) is 24.2 Å². The summed E-state index contributed by atoms with van der Waals surface area (Å²) in [6.07, 6.45) is 0.269. The van der Waals surface area contributed by atoms with E-state index in [0.717, 1.165) is 0 Å². The first-order chi connectivity index (χ1) is 13.2. The Kier molecular flexibility index (Phi) is 7.55. The summed E-state index contributed by atoms with van der Waals surface area (Å²) >= 11 is 0. The summed E-state index contributed by atoms with van der Waals surface area (Å²) in [4.78, 5) is 28.0. The summed E-state index contributed by atoms with van der Waals surface area (Å²) < 4.78 is 13.8. The molecule has 0 aliphatic carbocycles. The Bertz CT molecular complexity index is 697. The number of aliphatic hydroxyl groups excluding tert-OH is 1. The zero-order chi connectivity index (χ0) is 20.9. The second-order valence-electron chi connectivity index (χ2n) is 8.28. The van der Waals surface area contributed by atoms with Gasteiger partial charge >= 0.3 is 5.97 Å². The lowest BCUT2D eigenvalue weighted by Gasteiger charge is -2.44. The van der Waals surface area contributed by atoms with E-state index in [1.807, 2.05) is 13.8 Å². The van der Waals surface area contributed by atoms with Gasteiger partial charge in [0.2, 0.25) is 5.91 Å². The van der Waals surface area contributed by atoms with Crippen LogP contribution in [0.3, 0.4) is 0 Å². The molecule has 1 amide bonds. The molecular weight excluding hydrogens is 363 g/mol. The Balaban J connectivity index is 2.04. The minimum atomic E-state index is -1.33. The molecule has 0 radical (unpaired) electrons. The molecule has 0 saturated carbocycles. The number of carbonyl (C=O) groups is 2. The van der Waals surface area contributed by atoms with E-state index < -0.39 is 17.5 Å². The van der Waals surface area contributed by atoms with Crippen molar-refractivity contribution in [2.45, 2.75) is 45.8 Å². The highest BCUT2D eigenvalue weighted by atomic mass is 19.1. The Morgan fingerprint density at radius 3 is 2.64 bits per heavy atom. The molecule has 6 nitrogen and oxygen atoms in total. The first-order valence-corrected chi connectivity index (χ1v) is 9.77. The van der Waals surface area contributed by atoms with Gasteiger partial charge in [-0.2, -0.15) is 0 Å². The lowest BCUT2D eigenvalue weighted by atomic mass is 9.72. The Labute approximate surface area is 165 Å². The number of piperidine rings is 1. The van der Waals surface area contributed by atoms with Crippen LogP contribution in [0.4, 0.5) is 4.39 Å². The number of carboxylic acid groups (broad SMARTS) is 1. The van der Waals surface area contributed by atoms with Gasteiger partial charge < -0.3 is 15.1 Å². The number of hydrogen-bond donors (Lipinski definition) is 2. The van der Waals surface area contributed by atoms with E-state index >= 15 is 0 Å². The van der Waals surface area contributed by atoms with Gasteiger partial charge in [-0.15, -0.1) is 0 Å². The number of aliphatic carboxylic acids is 1. The van der Waals surface area contributed by atoms with Crippen LogP contribution >= 0.6 is 0 Å². The second-order valence-corrected chi connectivity index (χ2v) is 8.28. The van der Waals surface area contributed by atoms with E-state index in [2.05, 4.69) is 0 Å². The van der Waals surface area contributed by atoms with Crippen molar-refractivity contribution in [3.05, 3.63) is 35.6 Å². The molecule has 1 aromatic carbocycles. The van der Waals surface area contributed by atoms with Crippen LogP contribution in [0.15, 0.2) is 24.3 Å². The minimum absolute atomic E-state index is 0.00257. The molecule has 7 heteroatoms. The van der Waals surface area contributed by atoms with Gasteiger partial charge in [-0.3, -0.25) is 14.5 Å². The highest BCUT2D eigenvalue weighted by Gasteiger charge is 2.49. The van der Waals surface area contributed by atoms with Gasteiger partial charge in [-0.25, -0.2) is 4.39 Å². The third-order valence-electron chi connectivity index (χ3n) is 5.53. The molecular formula is C21H31FN2O4. The fourth-order valence-corrected chi connectivity index (χ4v) is 3.71. The summed E-state index contributed by atoms with van der Waals surface area (Å²) in [5.41, 5.74) is -0.828. The quantitative estimate of drug-likeness (QED) is 0.707. The summed E-state index contributed by atoms with van der Waals surface area (Å²) in [6.45, 7) is 4.68. The lowest BCUT2D eigenvalue weighted by Crippen LogP contribution is -2.58. The maximum Gasteiger partial charge on any atom is 0.314 e. The molecule has 28 heavy (non-hydrogen) atoms. The molecule has 156 valence electrons. The molecule has 1 fully saturated rings. The number of amides is 1. The largest absolute Gasteiger partial charge is 0.481 e. The first kappa shape index (κ1) is 22.3. The zero-order valence-corrected chi connectivity index (χ0v) is 16.9. The van der Waals surface area contributed by atoms with Crippen molar-refractivity contribution < 1.29 is 24.2 Å². The number of benzene rings is 1. The maximum atomic E-state index is 13.8. The van der Waals surface area contributed by atoms with E-state index in [1.165, 1.54) is 11.0 Å². The predicted molar refractivity (Wildman–Crippen MR) is 104 cm³/mol. The van der Waals surface area contributed by atoms with Crippen LogP contribution in [0, 0.1) is 17.2 Å². The van der Waals surface area contributed by atoms with Gasteiger partial charge in [0.25, 0.3) is 0 Å². The van der Waals surface area contributed by atoms with E-state index in [-0.39, 0.29) is 37.8 Å². The van der Waals surface area contributed by atoms with Crippen LogP contribution in [-0.4, -0.2) is 64.7 Å². The Morgan fingerprint density at radius 1 is 1.36 bits per heavy atom. The third-order valence-corrected chi connectivity index (χ3v) is 5.53. The molecule has 0 spiro atoms. The Morgan fingerprint density at radius 2 is 2.04 bits per heavy atom. The normalized spacial score (nSPS) is 22.7. The molecule has 1 aromatic rings. The Hall–Kier alpha value is -1.99. The zero-order valence-electron chi connectivity index (χ0n) is 16.9. The van der Waals surface area contributed by atoms with Crippen LogP contribution in [0.5, 0.6) is 0 Å². The maximum absolute atomic E-state index is 13.8. The molecule has 0 unspecified atom stereocenters. The van der Waals surface area contributed by atoms with Gasteiger partial charge in [-0.05, 0) is 38.3 Å². The van der Waals surface area contributed by atoms with Gasteiger partial charge in [0, 0.05) is 25.2 Å². The van der Waals surface area contributed by atoms with Crippen LogP contribution in [0.25, 0.3) is 0 Å². The molecule has 1 saturated heterocycles. The van der Waals surface area contributed by atoms with Crippen molar-refractivity contribution in [1.29, 1.82) is 0 Å². The average molecular weight is 394 g/mol. The van der Waals surface area contributed by atoms with Gasteiger partial charge in [0.05, 0.1) is 12.6 Å². The van der Waals surface area contributed by atoms with Crippen LogP contribution in [0.1, 0.15) is 38.7 Å². The molecule has 0 aromatic heterocycles. The van der Waals surface area contributed by atoms with E-state index in [0.29, 0.717) is 30.9 Å². The lowest BCUT2D eigenvalue weighted by molar-refractivity contribution is -0.167. The second kappa shape index (κ2) is 9.47. The molecule has 0 bridgehead atoms. The first-order valence-electron chi connectivity index (χ1n) is 9.77. The monoisotopic (exact) mass is 394 g/mol. The number of halogens is 1. The molecule has 1 aliphatic rings. The number of carbonyl (C=O) groups excluding carboxylic acids is 1. The highest BCUT2D eigenvalue weighted by molar-refractivity contribution is 5.81. The van der Waals surface area contributed by atoms with Crippen LogP contribution < -0.4 is 0 Å². The smallest absolute Gasteiger partial charge is 0.314 e. The fourth-order valence-electron chi connectivity index (χ4n) is 3.71. The molecule has 2 atom stereocenters. The topological polar surface area (TPSA) is 81.1 Å².